The fourth-order valence-electron chi connectivity index (χ4n) is 3.47. The van der Waals surface area contributed by atoms with E-state index in [1.54, 1.807) is 12.4 Å². The highest BCUT2D eigenvalue weighted by molar-refractivity contribution is 5.91. The van der Waals surface area contributed by atoms with Crippen LogP contribution in [0.5, 0.6) is 0 Å². The molecule has 2 aromatic heterocycles. The van der Waals surface area contributed by atoms with Crippen molar-refractivity contribution in [3.05, 3.63) is 41.2 Å². The summed E-state index contributed by atoms with van der Waals surface area (Å²) in [5, 5.41) is 0. The van der Waals surface area contributed by atoms with Gasteiger partial charge in [0.2, 0.25) is 0 Å². The van der Waals surface area contributed by atoms with Crippen LogP contribution in [-0.2, 0) is 17.6 Å². The summed E-state index contributed by atoms with van der Waals surface area (Å²) in [4.78, 5) is 25.8. The van der Waals surface area contributed by atoms with Gasteiger partial charge in [0.15, 0.2) is 5.76 Å². The molecule has 0 spiro atoms. The molecular formula is C18H22N4O3. The first-order valence-electron chi connectivity index (χ1n) is 8.73. The van der Waals surface area contributed by atoms with Crippen LogP contribution in [0.2, 0.25) is 0 Å². The van der Waals surface area contributed by atoms with Gasteiger partial charge in [0.1, 0.15) is 17.9 Å². The van der Waals surface area contributed by atoms with E-state index in [0.717, 1.165) is 62.0 Å². The van der Waals surface area contributed by atoms with Crippen molar-refractivity contribution in [3.8, 4) is 0 Å². The van der Waals surface area contributed by atoms with Crippen molar-refractivity contribution in [2.45, 2.75) is 19.8 Å². The number of anilines is 1. The van der Waals surface area contributed by atoms with Crippen molar-refractivity contribution < 1.29 is 13.9 Å². The number of furan rings is 1. The van der Waals surface area contributed by atoms with Gasteiger partial charge in [-0.2, -0.15) is 0 Å². The Hall–Kier alpha value is -2.41. The highest BCUT2D eigenvalue weighted by Gasteiger charge is 2.26. The van der Waals surface area contributed by atoms with Gasteiger partial charge in [-0.15, -0.1) is 0 Å². The Morgan fingerprint density at radius 3 is 2.64 bits per heavy atom. The minimum atomic E-state index is -0.0539. The Bertz CT molecular complexity index is 767. The zero-order chi connectivity index (χ0) is 17.2. The number of rotatable bonds is 2. The van der Waals surface area contributed by atoms with E-state index in [2.05, 4.69) is 14.9 Å². The van der Waals surface area contributed by atoms with Gasteiger partial charge >= 0.3 is 0 Å². The highest BCUT2D eigenvalue weighted by atomic mass is 16.5. The second-order valence-electron chi connectivity index (χ2n) is 6.42. The maximum Gasteiger partial charge on any atom is 0.289 e. The number of aromatic nitrogens is 2. The lowest BCUT2D eigenvalue weighted by Crippen LogP contribution is -2.37. The predicted octanol–water partition coefficient (Wildman–Crippen LogP) is 1.46. The molecule has 7 heteroatoms. The summed E-state index contributed by atoms with van der Waals surface area (Å²) in [6.07, 6.45) is 3.13. The number of hydrogen-bond donors (Lipinski definition) is 0. The standard InChI is InChI=1S/C18H22N4O3/c1-13-2-3-16(25-13)18(23)22-6-4-14-15(5-7-22)19-12-20-17(14)21-8-10-24-11-9-21/h2-3,12H,4-11H2,1H3. The topological polar surface area (TPSA) is 71.7 Å². The molecule has 7 nitrogen and oxygen atoms in total. The SMILES string of the molecule is Cc1ccc(C(=O)N2CCc3ncnc(N4CCOCC4)c3CC2)o1. The van der Waals surface area contributed by atoms with Crippen LogP contribution in [-0.4, -0.2) is 60.2 Å². The zero-order valence-corrected chi connectivity index (χ0v) is 14.4. The number of ether oxygens (including phenoxy) is 1. The Labute approximate surface area is 146 Å². The van der Waals surface area contributed by atoms with Gasteiger partial charge in [0.25, 0.3) is 5.91 Å². The molecule has 0 radical (unpaired) electrons. The molecule has 2 aromatic rings. The molecule has 2 aliphatic heterocycles. The van der Waals surface area contributed by atoms with Crippen molar-refractivity contribution in [2.75, 3.05) is 44.3 Å². The first kappa shape index (κ1) is 16.1. The van der Waals surface area contributed by atoms with Crippen LogP contribution in [0.25, 0.3) is 0 Å². The lowest BCUT2D eigenvalue weighted by molar-refractivity contribution is 0.0729. The fourth-order valence-corrected chi connectivity index (χ4v) is 3.47. The maximum atomic E-state index is 12.7. The number of hydrogen-bond acceptors (Lipinski definition) is 6. The average Bonchev–Trinajstić information content (AvgIpc) is 2.96. The quantitative estimate of drug-likeness (QED) is 0.823. The van der Waals surface area contributed by atoms with Crippen LogP contribution in [0.4, 0.5) is 5.82 Å². The van der Waals surface area contributed by atoms with Crippen molar-refractivity contribution >= 4 is 11.7 Å². The summed E-state index contributed by atoms with van der Waals surface area (Å²) in [6, 6.07) is 3.57. The monoisotopic (exact) mass is 342 g/mol. The van der Waals surface area contributed by atoms with Crippen LogP contribution in [0.1, 0.15) is 27.6 Å². The third kappa shape index (κ3) is 3.24. The zero-order valence-electron chi connectivity index (χ0n) is 14.4. The van der Waals surface area contributed by atoms with Crippen molar-refractivity contribution in [1.29, 1.82) is 0 Å². The number of amides is 1. The summed E-state index contributed by atoms with van der Waals surface area (Å²) in [6.45, 7) is 6.28. The van der Waals surface area contributed by atoms with Crippen LogP contribution in [0.15, 0.2) is 22.9 Å². The van der Waals surface area contributed by atoms with E-state index in [1.165, 1.54) is 0 Å². The molecule has 0 aliphatic carbocycles. The lowest BCUT2D eigenvalue weighted by atomic mass is 10.1. The molecule has 4 heterocycles. The minimum absolute atomic E-state index is 0.0539. The first-order chi connectivity index (χ1) is 12.2. The largest absolute Gasteiger partial charge is 0.456 e. The Morgan fingerprint density at radius 2 is 1.88 bits per heavy atom. The van der Waals surface area contributed by atoms with Crippen molar-refractivity contribution in [1.82, 2.24) is 14.9 Å². The molecule has 2 aliphatic rings. The number of nitrogens with zero attached hydrogens (tertiary/aromatic N) is 4. The van der Waals surface area contributed by atoms with E-state index in [1.807, 2.05) is 17.9 Å². The highest BCUT2D eigenvalue weighted by Crippen LogP contribution is 2.25. The van der Waals surface area contributed by atoms with E-state index in [9.17, 15) is 4.79 Å². The molecule has 4 rings (SSSR count). The Kier molecular flexibility index (Phi) is 4.40. The third-order valence-corrected chi connectivity index (χ3v) is 4.81. The number of carbonyl (C=O) groups is 1. The number of morpholine rings is 1. The summed E-state index contributed by atoms with van der Waals surface area (Å²) in [5.41, 5.74) is 2.21. The normalized spacial score (nSPS) is 18.0. The van der Waals surface area contributed by atoms with E-state index >= 15 is 0 Å². The van der Waals surface area contributed by atoms with Crippen LogP contribution in [0.3, 0.4) is 0 Å². The van der Waals surface area contributed by atoms with Crippen LogP contribution >= 0.6 is 0 Å². The number of fused-ring (bicyclic) bond motifs is 1. The first-order valence-corrected chi connectivity index (χ1v) is 8.73. The number of aryl methyl sites for hydroxylation is 1. The van der Waals surface area contributed by atoms with Crippen LogP contribution in [0, 0.1) is 6.92 Å². The van der Waals surface area contributed by atoms with Gasteiger partial charge in [-0.3, -0.25) is 4.79 Å². The molecule has 0 N–H and O–H groups in total. The van der Waals surface area contributed by atoms with Crippen molar-refractivity contribution in [2.24, 2.45) is 0 Å². The predicted molar refractivity (Wildman–Crippen MR) is 91.8 cm³/mol. The molecule has 0 saturated carbocycles. The fraction of sp³-hybridized carbons (Fsp3) is 0.500. The molecule has 25 heavy (non-hydrogen) atoms. The lowest BCUT2D eigenvalue weighted by Gasteiger charge is -2.29. The van der Waals surface area contributed by atoms with Gasteiger partial charge in [0, 0.05) is 38.2 Å². The van der Waals surface area contributed by atoms with E-state index in [4.69, 9.17) is 9.15 Å². The second-order valence-corrected chi connectivity index (χ2v) is 6.42. The number of carbonyl (C=O) groups excluding carboxylic acids is 1. The molecule has 0 atom stereocenters. The maximum absolute atomic E-state index is 12.7. The molecule has 1 amide bonds. The van der Waals surface area contributed by atoms with E-state index < -0.39 is 0 Å². The summed E-state index contributed by atoms with van der Waals surface area (Å²) < 4.78 is 10.9. The second kappa shape index (κ2) is 6.84. The van der Waals surface area contributed by atoms with Crippen LogP contribution < -0.4 is 4.90 Å². The molecule has 1 saturated heterocycles. The molecule has 0 unspecified atom stereocenters. The van der Waals surface area contributed by atoms with Gasteiger partial charge in [-0.25, -0.2) is 9.97 Å². The Morgan fingerprint density at radius 1 is 1.08 bits per heavy atom. The summed E-state index contributed by atoms with van der Waals surface area (Å²) in [5.74, 6) is 2.10. The molecule has 132 valence electrons. The molecule has 1 fully saturated rings. The van der Waals surface area contributed by atoms with Gasteiger partial charge in [-0.1, -0.05) is 0 Å². The van der Waals surface area contributed by atoms with Crippen molar-refractivity contribution in [3.63, 3.8) is 0 Å². The van der Waals surface area contributed by atoms with Gasteiger partial charge in [-0.05, 0) is 25.5 Å². The van der Waals surface area contributed by atoms with E-state index in [0.29, 0.717) is 18.8 Å². The molecule has 0 bridgehead atoms. The summed E-state index contributed by atoms with van der Waals surface area (Å²) >= 11 is 0. The Balaban J connectivity index is 1.54. The third-order valence-electron chi connectivity index (χ3n) is 4.81. The van der Waals surface area contributed by atoms with Gasteiger partial charge < -0.3 is 19.0 Å². The summed E-state index contributed by atoms with van der Waals surface area (Å²) in [7, 11) is 0. The average molecular weight is 342 g/mol. The minimum Gasteiger partial charge on any atom is -0.456 e. The smallest absolute Gasteiger partial charge is 0.289 e. The molecule has 0 aromatic carbocycles. The van der Waals surface area contributed by atoms with E-state index in [-0.39, 0.29) is 5.91 Å². The van der Waals surface area contributed by atoms with Gasteiger partial charge in [0.05, 0.1) is 18.9 Å². The molecular weight excluding hydrogens is 320 g/mol.